The van der Waals surface area contributed by atoms with Gasteiger partial charge in [0.2, 0.25) is 0 Å². The van der Waals surface area contributed by atoms with E-state index in [1.54, 1.807) is 6.92 Å². The Balaban J connectivity index is -0.000000239. The van der Waals surface area contributed by atoms with E-state index in [2.05, 4.69) is 4.74 Å². The molecule has 0 bridgehead atoms. The van der Waals surface area contributed by atoms with Crippen LogP contribution < -0.4 is 11.5 Å². The van der Waals surface area contributed by atoms with Gasteiger partial charge in [-0.15, -0.1) is 0 Å². The normalized spacial score (nSPS) is 14.8. The van der Waals surface area contributed by atoms with Crippen LogP contribution in [-0.2, 0) is 19.1 Å². The van der Waals surface area contributed by atoms with Crippen molar-refractivity contribution in [1.82, 2.24) is 0 Å². The van der Waals surface area contributed by atoms with Crippen LogP contribution >= 0.6 is 0 Å². The van der Waals surface area contributed by atoms with Crippen molar-refractivity contribution in [1.29, 1.82) is 0 Å². The lowest BCUT2D eigenvalue weighted by Crippen LogP contribution is -2.39. The molecule has 0 radical (unpaired) electrons. The Bertz CT molecular complexity index is 272. The molecule has 0 saturated heterocycles. The fourth-order valence-electron chi connectivity index (χ4n) is 0.481. The van der Waals surface area contributed by atoms with Gasteiger partial charge in [-0.2, -0.15) is 0 Å². The van der Waals surface area contributed by atoms with E-state index in [1.165, 1.54) is 13.8 Å². The molecule has 21 heavy (non-hydrogen) atoms. The highest BCUT2D eigenvalue weighted by Crippen LogP contribution is 1.86. The summed E-state index contributed by atoms with van der Waals surface area (Å²) in [5.74, 6) is -2.36. The lowest BCUT2D eigenvalue weighted by atomic mass is 10.2. The Labute approximate surface area is 122 Å². The standard InChI is InChI=1S/2C4H9NO3.C3H6O2/c2*1-2(6)3(5)4(7)8;1-2-5-3-4/h2*2-3,6H,5H2,1H3,(H,7,8);3H,2H2,1H3. The fraction of sp³-hybridized carbons (Fsp3) is 0.727. The van der Waals surface area contributed by atoms with Gasteiger partial charge in [0.25, 0.3) is 6.47 Å². The minimum absolute atomic E-state index is 0.431. The van der Waals surface area contributed by atoms with E-state index in [4.69, 9.17) is 31.9 Å². The largest absolute Gasteiger partial charge is 0.480 e. The third-order valence-electron chi connectivity index (χ3n) is 1.84. The van der Waals surface area contributed by atoms with Crippen LogP contribution in [0.2, 0.25) is 0 Å². The molecule has 126 valence electrons. The first-order chi connectivity index (χ1) is 9.52. The van der Waals surface area contributed by atoms with Gasteiger partial charge in [-0.1, -0.05) is 0 Å². The average molecular weight is 312 g/mol. The van der Waals surface area contributed by atoms with E-state index in [0.717, 1.165) is 0 Å². The average Bonchev–Trinajstić information content (AvgIpc) is 2.38. The Hall–Kier alpha value is -1.75. The molecular formula is C11H24N2O8. The maximum atomic E-state index is 9.86. The first-order valence-corrected chi connectivity index (χ1v) is 5.90. The predicted molar refractivity (Wildman–Crippen MR) is 72.3 cm³/mol. The quantitative estimate of drug-likeness (QED) is 0.291. The lowest BCUT2D eigenvalue weighted by Gasteiger charge is -2.07. The van der Waals surface area contributed by atoms with Gasteiger partial charge < -0.3 is 36.6 Å². The summed E-state index contributed by atoms with van der Waals surface area (Å²) in [7, 11) is 0. The van der Waals surface area contributed by atoms with Gasteiger partial charge in [0, 0.05) is 0 Å². The number of carboxylic acid groups (broad SMARTS) is 2. The number of rotatable bonds is 6. The number of aliphatic hydroxyl groups is 2. The first-order valence-electron chi connectivity index (χ1n) is 5.90. The second-order valence-corrected chi connectivity index (χ2v) is 3.76. The minimum atomic E-state index is -1.18. The SMILES string of the molecule is CC(O)C(N)C(=O)O.CC(O)C(N)C(=O)O.CCOC=O. The molecule has 8 N–H and O–H groups in total. The topological polar surface area (TPSA) is 193 Å². The highest BCUT2D eigenvalue weighted by molar-refractivity contribution is 5.74. The number of ether oxygens (including phenoxy) is 1. The maximum absolute atomic E-state index is 9.86. The van der Waals surface area contributed by atoms with Crippen molar-refractivity contribution in [2.45, 2.75) is 45.1 Å². The first kappa shape index (κ1) is 24.3. The second-order valence-electron chi connectivity index (χ2n) is 3.76. The minimum Gasteiger partial charge on any atom is -0.480 e. The van der Waals surface area contributed by atoms with E-state index >= 15 is 0 Å². The summed E-state index contributed by atoms with van der Waals surface area (Å²) >= 11 is 0. The monoisotopic (exact) mass is 312 g/mol. The van der Waals surface area contributed by atoms with Gasteiger partial charge in [0.15, 0.2) is 0 Å². The zero-order chi connectivity index (χ0) is 17.6. The zero-order valence-corrected chi connectivity index (χ0v) is 12.2. The molecule has 4 unspecified atom stereocenters. The number of hydrogen-bond acceptors (Lipinski definition) is 8. The van der Waals surface area contributed by atoms with Crippen molar-refractivity contribution in [2.24, 2.45) is 11.5 Å². The maximum Gasteiger partial charge on any atom is 0.323 e. The molecule has 0 aromatic heterocycles. The van der Waals surface area contributed by atoms with Crippen molar-refractivity contribution >= 4 is 18.4 Å². The van der Waals surface area contributed by atoms with Crippen molar-refractivity contribution in [3.8, 4) is 0 Å². The summed E-state index contributed by atoms with van der Waals surface area (Å²) in [5.41, 5.74) is 9.82. The number of hydrogen-bond donors (Lipinski definition) is 6. The van der Waals surface area contributed by atoms with Crippen LogP contribution in [0.4, 0.5) is 0 Å². The van der Waals surface area contributed by atoms with Gasteiger partial charge in [-0.05, 0) is 20.8 Å². The Morgan fingerprint density at radius 1 is 1.05 bits per heavy atom. The highest BCUT2D eigenvalue weighted by atomic mass is 16.5. The molecule has 0 saturated carbocycles. The fourth-order valence-corrected chi connectivity index (χ4v) is 0.481. The predicted octanol–water partition coefficient (Wildman–Crippen LogP) is -2.26. The number of aliphatic hydroxyl groups excluding tert-OH is 2. The molecular weight excluding hydrogens is 288 g/mol. The summed E-state index contributed by atoms with van der Waals surface area (Å²) in [5, 5.41) is 33.1. The van der Waals surface area contributed by atoms with Gasteiger partial charge >= 0.3 is 11.9 Å². The van der Waals surface area contributed by atoms with Crippen LogP contribution in [0.3, 0.4) is 0 Å². The highest BCUT2D eigenvalue weighted by Gasteiger charge is 2.16. The molecule has 0 spiro atoms. The molecule has 0 heterocycles. The van der Waals surface area contributed by atoms with Crippen LogP contribution in [0, 0.1) is 0 Å². The van der Waals surface area contributed by atoms with Crippen LogP contribution in [-0.4, -0.2) is 69.7 Å². The van der Waals surface area contributed by atoms with Gasteiger partial charge in [-0.25, -0.2) is 0 Å². The molecule has 0 aromatic carbocycles. The van der Waals surface area contributed by atoms with Crippen LogP contribution in [0.15, 0.2) is 0 Å². The molecule has 0 fully saturated rings. The third-order valence-corrected chi connectivity index (χ3v) is 1.84. The number of aliphatic carboxylic acids is 2. The second kappa shape index (κ2) is 14.7. The summed E-state index contributed by atoms with van der Waals surface area (Å²) in [6, 6.07) is -2.31. The molecule has 0 aliphatic heterocycles. The van der Waals surface area contributed by atoms with Gasteiger partial charge in [0.05, 0.1) is 18.8 Å². The van der Waals surface area contributed by atoms with E-state index in [-0.39, 0.29) is 0 Å². The smallest absolute Gasteiger partial charge is 0.323 e. The lowest BCUT2D eigenvalue weighted by molar-refractivity contribution is -0.141. The summed E-state index contributed by atoms with van der Waals surface area (Å²) in [6.07, 6.45) is -1.96. The van der Waals surface area contributed by atoms with Gasteiger partial charge in [0.1, 0.15) is 12.1 Å². The molecule has 0 aliphatic carbocycles. The number of carbonyl (C=O) groups excluding carboxylic acids is 1. The van der Waals surface area contributed by atoms with Crippen molar-refractivity contribution < 1.29 is 39.5 Å². The van der Waals surface area contributed by atoms with Crippen LogP contribution in [0.5, 0.6) is 0 Å². The van der Waals surface area contributed by atoms with Crippen molar-refractivity contribution in [3.05, 3.63) is 0 Å². The summed E-state index contributed by atoms with van der Waals surface area (Å²) in [4.78, 5) is 28.9. The van der Waals surface area contributed by atoms with E-state index < -0.39 is 36.2 Å². The Morgan fingerprint density at radius 2 is 1.33 bits per heavy atom. The Morgan fingerprint density at radius 3 is 1.33 bits per heavy atom. The number of nitrogens with two attached hydrogens (primary N) is 2. The number of carboxylic acids is 2. The molecule has 0 aromatic rings. The molecule has 0 aliphatic rings. The third kappa shape index (κ3) is 18.2. The van der Waals surface area contributed by atoms with Crippen molar-refractivity contribution in [3.63, 3.8) is 0 Å². The molecule has 4 atom stereocenters. The van der Waals surface area contributed by atoms with E-state index in [0.29, 0.717) is 13.1 Å². The van der Waals surface area contributed by atoms with Gasteiger partial charge in [-0.3, -0.25) is 14.4 Å². The van der Waals surface area contributed by atoms with Crippen LogP contribution in [0.1, 0.15) is 20.8 Å². The molecule has 0 amide bonds. The number of carbonyl (C=O) groups is 3. The van der Waals surface area contributed by atoms with E-state index in [1.807, 2.05) is 0 Å². The molecule has 0 rings (SSSR count). The van der Waals surface area contributed by atoms with E-state index in [9.17, 15) is 14.4 Å². The summed E-state index contributed by atoms with van der Waals surface area (Å²) in [6.45, 7) is 5.33. The summed E-state index contributed by atoms with van der Waals surface area (Å²) < 4.78 is 4.15. The van der Waals surface area contributed by atoms with Crippen LogP contribution in [0.25, 0.3) is 0 Å². The van der Waals surface area contributed by atoms with Crippen molar-refractivity contribution in [2.75, 3.05) is 6.61 Å². The Kier molecular flexibility index (Phi) is 16.9. The molecule has 10 nitrogen and oxygen atoms in total. The zero-order valence-electron chi connectivity index (χ0n) is 12.2. The molecule has 10 heteroatoms.